The van der Waals surface area contributed by atoms with Crippen molar-refractivity contribution in [3.05, 3.63) is 23.5 Å². The van der Waals surface area contributed by atoms with Gasteiger partial charge in [-0.1, -0.05) is 0 Å². The summed E-state index contributed by atoms with van der Waals surface area (Å²) in [6.45, 7) is -0.246. The Kier molecular flexibility index (Phi) is 3.96. The zero-order valence-electron chi connectivity index (χ0n) is 8.65. The molecule has 0 aromatic carbocycles. The molecule has 6 heteroatoms. The molecule has 1 rings (SSSR count). The molecule has 1 amide bonds. The van der Waals surface area contributed by atoms with Crippen LogP contribution < -0.4 is 5.32 Å². The number of allylic oxidation sites excluding steroid dienone is 2. The van der Waals surface area contributed by atoms with Crippen molar-refractivity contribution >= 4 is 17.5 Å². The zero-order valence-corrected chi connectivity index (χ0v) is 8.65. The van der Waals surface area contributed by atoms with Crippen molar-refractivity contribution in [1.82, 2.24) is 5.32 Å². The molecule has 16 heavy (non-hydrogen) atoms. The van der Waals surface area contributed by atoms with Crippen LogP contribution in [0.3, 0.4) is 0 Å². The van der Waals surface area contributed by atoms with Crippen LogP contribution in [0.2, 0.25) is 0 Å². The Morgan fingerprint density at radius 3 is 2.56 bits per heavy atom. The minimum absolute atomic E-state index is 0.00448. The number of carbonyl (C=O) groups is 3. The van der Waals surface area contributed by atoms with Crippen LogP contribution in [-0.2, 0) is 19.1 Å². The first-order chi connectivity index (χ1) is 7.61. The van der Waals surface area contributed by atoms with Crippen molar-refractivity contribution in [2.75, 3.05) is 20.3 Å². The minimum atomic E-state index is -0.728. The first-order valence-corrected chi connectivity index (χ1v) is 4.56. The lowest BCUT2D eigenvalue weighted by Crippen LogP contribution is -2.33. The van der Waals surface area contributed by atoms with Crippen LogP contribution in [0.4, 0.5) is 0 Å². The predicted molar refractivity (Wildman–Crippen MR) is 53.3 cm³/mol. The minimum Gasteiger partial charge on any atom is -0.492 e. The maximum atomic E-state index is 11.5. The summed E-state index contributed by atoms with van der Waals surface area (Å²) in [5, 5.41) is 10.8. The number of rotatable bonds is 4. The van der Waals surface area contributed by atoms with Gasteiger partial charge in [0.15, 0.2) is 11.5 Å². The molecular weight excluding hydrogens is 214 g/mol. The fourth-order valence-electron chi connectivity index (χ4n) is 1.22. The van der Waals surface area contributed by atoms with E-state index in [2.05, 4.69) is 5.32 Å². The van der Waals surface area contributed by atoms with E-state index < -0.39 is 17.5 Å². The molecule has 0 heterocycles. The zero-order chi connectivity index (χ0) is 12.1. The number of aliphatic hydroxyl groups is 1. The van der Waals surface area contributed by atoms with Crippen LogP contribution in [0, 0.1) is 0 Å². The van der Waals surface area contributed by atoms with Gasteiger partial charge in [-0.05, 0) is 12.2 Å². The molecule has 0 bridgehead atoms. The molecule has 0 saturated heterocycles. The lowest BCUT2D eigenvalue weighted by molar-refractivity contribution is -0.123. The first-order valence-electron chi connectivity index (χ1n) is 4.56. The summed E-state index contributed by atoms with van der Waals surface area (Å²) in [7, 11) is 1.21. The summed E-state index contributed by atoms with van der Waals surface area (Å²) in [6, 6.07) is 0. The van der Waals surface area contributed by atoms with Crippen molar-refractivity contribution in [2.45, 2.75) is 0 Å². The highest BCUT2D eigenvalue weighted by Crippen LogP contribution is 2.14. The Hall–Kier alpha value is -1.95. The van der Waals surface area contributed by atoms with Crippen molar-refractivity contribution in [3.63, 3.8) is 0 Å². The number of amides is 1. The number of hydrogen-bond donors (Lipinski definition) is 2. The lowest BCUT2D eigenvalue weighted by Gasteiger charge is -2.12. The molecule has 0 radical (unpaired) electrons. The molecule has 0 fully saturated rings. The van der Waals surface area contributed by atoms with Gasteiger partial charge in [0, 0.05) is 6.54 Å². The highest BCUT2D eigenvalue weighted by atomic mass is 16.5. The molecule has 0 atom stereocenters. The van der Waals surface area contributed by atoms with Crippen molar-refractivity contribution in [1.29, 1.82) is 0 Å². The lowest BCUT2D eigenvalue weighted by atomic mass is 10.0. The molecule has 0 aromatic heterocycles. The molecule has 0 aromatic rings. The molecule has 1 aliphatic carbocycles. The van der Waals surface area contributed by atoms with Gasteiger partial charge in [-0.15, -0.1) is 0 Å². The van der Waals surface area contributed by atoms with E-state index >= 15 is 0 Å². The van der Waals surface area contributed by atoms with Crippen molar-refractivity contribution in [3.8, 4) is 0 Å². The van der Waals surface area contributed by atoms with Gasteiger partial charge in [0.05, 0.1) is 13.7 Å². The summed E-state index contributed by atoms with van der Waals surface area (Å²) in [6.07, 6.45) is 2.06. The van der Waals surface area contributed by atoms with Gasteiger partial charge in [-0.2, -0.15) is 0 Å². The van der Waals surface area contributed by atoms with Crippen molar-refractivity contribution in [2.24, 2.45) is 0 Å². The smallest absolute Gasteiger partial charge is 0.259 e. The van der Waals surface area contributed by atoms with E-state index in [1.807, 2.05) is 0 Å². The number of hydrogen-bond acceptors (Lipinski definition) is 5. The average Bonchev–Trinajstić information content (AvgIpc) is 2.28. The number of ketones is 2. The van der Waals surface area contributed by atoms with Gasteiger partial charge in [0.1, 0.15) is 5.57 Å². The molecule has 0 saturated carbocycles. The van der Waals surface area contributed by atoms with Gasteiger partial charge in [0.25, 0.3) is 5.91 Å². The average molecular weight is 225 g/mol. The predicted octanol–water partition coefficient (Wildman–Crippen LogP) is -1.30. The third-order valence-corrected chi connectivity index (χ3v) is 1.91. The van der Waals surface area contributed by atoms with E-state index in [9.17, 15) is 14.4 Å². The fourth-order valence-corrected chi connectivity index (χ4v) is 1.22. The Labute approximate surface area is 91.6 Å². The molecule has 0 spiro atoms. The Morgan fingerprint density at radius 2 is 2.00 bits per heavy atom. The number of carbonyl (C=O) groups excluding carboxylic acids is 3. The van der Waals surface area contributed by atoms with Crippen molar-refractivity contribution < 1.29 is 24.2 Å². The molecule has 6 nitrogen and oxygen atoms in total. The standard InChI is InChI=1S/C10H11NO5/c1-16-9-7(14)3-2-6(13)8(9)10(15)11-4-5-12/h2-3,12H,4-5H2,1H3,(H,11,15). The van der Waals surface area contributed by atoms with E-state index in [1.165, 1.54) is 7.11 Å². The topological polar surface area (TPSA) is 92.7 Å². The Bertz CT molecular complexity index is 394. The largest absolute Gasteiger partial charge is 0.492 e. The molecule has 2 N–H and O–H groups in total. The fraction of sp³-hybridized carbons (Fsp3) is 0.300. The molecule has 0 aliphatic heterocycles. The second-order valence-electron chi connectivity index (χ2n) is 2.95. The third-order valence-electron chi connectivity index (χ3n) is 1.91. The summed E-state index contributed by atoms with van der Waals surface area (Å²) in [4.78, 5) is 34.2. The SMILES string of the molecule is COC1=C(C(=O)NCCO)C(=O)C=CC1=O. The Morgan fingerprint density at radius 1 is 1.38 bits per heavy atom. The van der Waals surface area contributed by atoms with Gasteiger partial charge >= 0.3 is 0 Å². The second kappa shape index (κ2) is 5.22. The van der Waals surface area contributed by atoms with Gasteiger partial charge in [-0.3, -0.25) is 14.4 Å². The van der Waals surface area contributed by atoms with Crippen LogP contribution in [-0.4, -0.2) is 42.8 Å². The van der Waals surface area contributed by atoms with Crippen LogP contribution in [0.25, 0.3) is 0 Å². The monoisotopic (exact) mass is 225 g/mol. The normalized spacial score (nSPS) is 15.4. The van der Waals surface area contributed by atoms with Crippen LogP contribution in [0.1, 0.15) is 0 Å². The molecule has 1 aliphatic rings. The maximum absolute atomic E-state index is 11.5. The van der Waals surface area contributed by atoms with E-state index in [1.54, 1.807) is 0 Å². The highest BCUT2D eigenvalue weighted by Gasteiger charge is 2.28. The molecule has 86 valence electrons. The number of ether oxygens (including phenoxy) is 1. The van der Waals surface area contributed by atoms with E-state index in [-0.39, 0.29) is 24.5 Å². The number of methoxy groups -OCH3 is 1. The van der Waals surface area contributed by atoms with Gasteiger partial charge in [-0.25, -0.2) is 0 Å². The van der Waals surface area contributed by atoms with Gasteiger partial charge in [0.2, 0.25) is 5.78 Å². The molecular formula is C10H11NO5. The number of nitrogens with one attached hydrogen (secondary N) is 1. The summed E-state index contributed by atoms with van der Waals surface area (Å²) >= 11 is 0. The Balaban J connectivity index is 3.00. The second-order valence-corrected chi connectivity index (χ2v) is 2.95. The van der Waals surface area contributed by atoms with Gasteiger partial charge < -0.3 is 15.2 Å². The third kappa shape index (κ3) is 2.34. The summed E-state index contributed by atoms with van der Waals surface area (Å²) in [5.41, 5.74) is -0.330. The van der Waals surface area contributed by atoms with Crippen LogP contribution in [0.5, 0.6) is 0 Å². The molecule has 0 unspecified atom stereocenters. The van der Waals surface area contributed by atoms with E-state index in [4.69, 9.17) is 9.84 Å². The first kappa shape index (κ1) is 12.1. The van der Waals surface area contributed by atoms with Crippen LogP contribution >= 0.6 is 0 Å². The van der Waals surface area contributed by atoms with E-state index in [0.717, 1.165) is 12.2 Å². The quantitative estimate of drug-likeness (QED) is 0.458. The summed E-state index contributed by atoms with van der Waals surface area (Å²) in [5.74, 6) is -2.13. The number of aliphatic hydroxyl groups excluding tert-OH is 1. The highest BCUT2D eigenvalue weighted by molar-refractivity contribution is 6.31. The van der Waals surface area contributed by atoms with E-state index in [0.29, 0.717) is 0 Å². The van der Waals surface area contributed by atoms with Crippen LogP contribution in [0.15, 0.2) is 23.5 Å². The maximum Gasteiger partial charge on any atom is 0.259 e. The summed E-state index contributed by atoms with van der Waals surface area (Å²) < 4.78 is 4.72.